The molecule has 2 aromatic rings. The van der Waals surface area contributed by atoms with Crippen molar-refractivity contribution in [2.45, 2.75) is 50.2 Å². The lowest BCUT2D eigenvalue weighted by atomic mass is 10.1. The van der Waals surface area contributed by atoms with Crippen LogP contribution in [0.15, 0.2) is 33.8 Å². The first kappa shape index (κ1) is 19.4. The first-order valence-corrected chi connectivity index (χ1v) is 9.22. The fourth-order valence-corrected chi connectivity index (χ4v) is 3.44. The van der Waals surface area contributed by atoms with Crippen molar-refractivity contribution in [3.8, 4) is 0 Å². The second-order valence-electron chi connectivity index (χ2n) is 6.71. The van der Waals surface area contributed by atoms with E-state index in [0.29, 0.717) is 4.34 Å². The minimum atomic E-state index is -1.29. The van der Waals surface area contributed by atoms with Crippen LogP contribution in [-0.4, -0.2) is 33.5 Å². The van der Waals surface area contributed by atoms with Crippen LogP contribution >= 0.6 is 23.1 Å². The number of carbonyl (C=O) groups is 2. The molecule has 2 rings (SSSR count). The molecule has 134 valence electrons. The first-order valence-electron chi connectivity index (χ1n) is 7.59. The van der Waals surface area contributed by atoms with Crippen molar-refractivity contribution in [3.05, 3.63) is 24.3 Å². The number of aromatic nitrogens is 1. The van der Waals surface area contributed by atoms with Gasteiger partial charge in [0.25, 0.3) is 0 Å². The van der Waals surface area contributed by atoms with Gasteiger partial charge in [-0.2, -0.15) is 0 Å². The highest BCUT2D eigenvalue weighted by Gasteiger charge is 2.35. The Balaban J connectivity index is 1.92. The number of benzene rings is 1. The van der Waals surface area contributed by atoms with Gasteiger partial charge in [-0.15, -0.1) is 11.3 Å². The van der Waals surface area contributed by atoms with Crippen molar-refractivity contribution in [2.24, 2.45) is 5.16 Å². The summed E-state index contributed by atoms with van der Waals surface area (Å²) >= 11 is 2.39. The quantitative estimate of drug-likeness (QED) is 0.337. The third-order valence-electron chi connectivity index (χ3n) is 2.79. The molecule has 0 radical (unpaired) electrons. The molecule has 0 amide bonds. The number of thioether (sulfide) groups is 1. The maximum absolute atomic E-state index is 12.0. The Kier molecular flexibility index (Phi) is 5.84. The maximum atomic E-state index is 12.0. The second kappa shape index (κ2) is 7.53. The topological polar surface area (TPSA) is 77.9 Å². The Morgan fingerprint density at radius 2 is 1.88 bits per heavy atom. The van der Waals surface area contributed by atoms with E-state index < -0.39 is 17.2 Å². The molecule has 0 saturated carbocycles. The summed E-state index contributed by atoms with van der Waals surface area (Å²) in [6.07, 6.45) is 1.03. The van der Waals surface area contributed by atoms with Crippen molar-refractivity contribution in [2.75, 3.05) is 0 Å². The minimum Gasteiger partial charge on any atom is -0.457 e. The predicted molar refractivity (Wildman–Crippen MR) is 100.0 cm³/mol. The Morgan fingerprint density at radius 1 is 1.20 bits per heavy atom. The van der Waals surface area contributed by atoms with E-state index in [0.717, 1.165) is 28.2 Å². The standard InChI is InChI=1S/C17H20N2O4S2/c1-16(2,3)22-14(21)17(4,5)23-18-10-13(20)25-15-19-11-8-6-7-9-12(11)24-15/h6-10H,1-5H3/b18-10-. The number of thiazole rings is 1. The summed E-state index contributed by atoms with van der Waals surface area (Å²) in [7, 11) is 0. The van der Waals surface area contributed by atoms with Crippen LogP contribution in [0.3, 0.4) is 0 Å². The molecule has 1 aromatic heterocycles. The van der Waals surface area contributed by atoms with Crippen LogP contribution in [0.25, 0.3) is 10.2 Å². The molecule has 0 N–H and O–H groups in total. The van der Waals surface area contributed by atoms with E-state index in [2.05, 4.69) is 10.1 Å². The molecule has 0 atom stereocenters. The predicted octanol–water partition coefficient (Wildman–Crippen LogP) is 4.04. The van der Waals surface area contributed by atoms with E-state index in [-0.39, 0.29) is 5.12 Å². The largest absolute Gasteiger partial charge is 0.457 e. The molecule has 0 saturated heterocycles. The third-order valence-corrected chi connectivity index (χ3v) is 4.70. The van der Waals surface area contributed by atoms with E-state index >= 15 is 0 Å². The first-order chi connectivity index (χ1) is 11.6. The molecular weight excluding hydrogens is 360 g/mol. The normalized spacial score (nSPS) is 12.5. The Morgan fingerprint density at radius 3 is 2.52 bits per heavy atom. The maximum Gasteiger partial charge on any atom is 0.353 e. The number of carbonyl (C=O) groups excluding carboxylic acids is 2. The molecule has 0 aliphatic heterocycles. The van der Waals surface area contributed by atoms with Crippen LogP contribution in [-0.2, 0) is 19.2 Å². The SMILES string of the molecule is CC(C)(C)OC(=O)C(C)(C)O/N=C\C(=O)Sc1nc2ccccc2s1. The van der Waals surface area contributed by atoms with Crippen molar-refractivity contribution >= 4 is 50.6 Å². The van der Waals surface area contributed by atoms with Gasteiger partial charge in [0.2, 0.25) is 10.7 Å². The summed E-state index contributed by atoms with van der Waals surface area (Å²) in [6, 6.07) is 7.65. The molecule has 25 heavy (non-hydrogen) atoms. The van der Waals surface area contributed by atoms with Crippen LogP contribution in [0, 0.1) is 0 Å². The molecule has 0 spiro atoms. The zero-order valence-electron chi connectivity index (χ0n) is 14.7. The van der Waals surface area contributed by atoms with Crippen LogP contribution in [0.4, 0.5) is 0 Å². The smallest absolute Gasteiger partial charge is 0.353 e. The lowest BCUT2D eigenvalue weighted by Crippen LogP contribution is -2.39. The monoisotopic (exact) mass is 380 g/mol. The van der Waals surface area contributed by atoms with E-state index in [1.54, 1.807) is 20.8 Å². The zero-order chi connectivity index (χ0) is 18.7. The summed E-state index contributed by atoms with van der Waals surface area (Å²) in [5.74, 6) is -0.552. The average molecular weight is 380 g/mol. The number of hydrogen-bond donors (Lipinski definition) is 0. The van der Waals surface area contributed by atoms with Gasteiger partial charge in [0.1, 0.15) is 11.8 Å². The number of oxime groups is 1. The number of fused-ring (bicyclic) bond motifs is 1. The molecule has 0 aliphatic carbocycles. The van der Waals surface area contributed by atoms with Gasteiger partial charge >= 0.3 is 5.97 Å². The van der Waals surface area contributed by atoms with Crippen molar-refractivity contribution < 1.29 is 19.2 Å². The number of nitrogens with zero attached hydrogens (tertiary/aromatic N) is 2. The summed E-state index contributed by atoms with van der Waals surface area (Å²) in [5.41, 5.74) is -1.06. The van der Waals surface area contributed by atoms with Gasteiger partial charge < -0.3 is 9.57 Å². The van der Waals surface area contributed by atoms with Crippen molar-refractivity contribution in [1.29, 1.82) is 0 Å². The fraction of sp³-hybridized carbons (Fsp3) is 0.412. The number of esters is 1. The lowest BCUT2D eigenvalue weighted by molar-refractivity contribution is -0.179. The van der Waals surface area contributed by atoms with E-state index in [9.17, 15) is 9.59 Å². The van der Waals surface area contributed by atoms with Gasteiger partial charge in [0, 0.05) is 0 Å². The highest BCUT2D eigenvalue weighted by molar-refractivity contribution is 8.16. The summed E-state index contributed by atoms with van der Waals surface area (Å²) in [5, 5.41) is 3.29. The number of ether oxygens (including phenoxy) is 1. The van der Waals surface area contributed by atoms with Crippen LogP contribution < -0.4 is 0 Å². The second-order valence-corrected chi connectivity index (χ2v) is 8.99. The van der Waals surface area contributed by atoms with Gasteiger partial charge in [-0.05, 0) is 58.5 Å². The summed E-state index contributed by atoms with van der Waals surface area (Å²) in [4.78, 5) is 33.5. The molecule has 0 fully saturated rings. The van der Waals surface area contributed by atoms with E-state index in [1.165, 1.54) is 25.2 Å². The fourth-order valence-electron chi connectivity index (χ4n) is 1.65. The Hall–Kier alpha value is -1.93. The molecule has 1 aromatic carbocycles. The van der Waals surface area contributed by atoms with Crippen LogP contribution in [0.1, 0.15) is 34.6 Å². The highest BCUT2D eigenvalue weighted by atomic mass is 32.2. The van der Waals surface area contributed by atoms with E-state index in [4.69, 9.17) is 9.57 Å². The van der Waals surface area contributed by atoms with Gasteiger partial charge in [0.05, 0.1) is 10.2 Å². The van der Waals surface area contributed by atoms with Crippen LogP contribution in [0.5, 0.6) is 0 Å². The third kappa shape index (κ3) is 5.82. The molecule has 0 aliphatic rings. The van der Waals surface area contributed by atoms with Gasteiger partial charge in [0.15, 0.2) is 4.34 Å². The van der Waals surface area contributed by atoms with Gasteiger partial charge in [-0.1, -0.05) is 17.3 Å². The van der Waals surface area contributed by atoms with E-state index in [1.807, 2.05) is 24.3 Å². The van der Waals surface area contributed by atoms with Gasteiger partial charge in [-0.25, -0.2) is 9.78 Å². The minimum absolute atomic E-state index is 0.334. The number of rotatable bonds is 5. The van der Waals surface area contributed by atoms with Crippen LogP contribution in [0.2, 0.25) is 0 Å². The lowest BCUT2D eigenvalue weighted by Gasteiger charge is -2.26. The molecule has 6 nitrogen and oxygen atoms in total. The molecular formula is C17H20N2O4S2. The number of para-hydroxylation sites is 1. The van der Waals surface area contributed by atoms with Crippen molar-refractivity contribution in [3.63, 3.8) is 0 Å². The Labute approximate surface area is 154 Å². The number of hydrogen-bond acceptors (Lipinski definition) is 8. The molecule has 0 bridgehead atoms. The van der Waals surface area contributed by atoms with Crippen molar-refractivity contribution in [1.82, 2.24) is 4.98 Å². The Bertz CT molecular complexity index is 773. The zero-order valence-corrected chi connectivity index (χ0v) is 16.4. The summed E-state index contributed by atoms with van der Waals surface area (Å²) in [6.45, 7) is 8.36. The molecule has 1 heterocycles. The summed E-state index contributed by atoms with van der Waals surface area (Å²) < 4.78 is 6.89. The highest BCUT2D eigenvalue weighted by Crippen LogP contribution is 2.29. The van der Waals surface area contributed by atoms with Gasteiger partial charge in [-0.3, -0.25) is 4.79 Å². The molecule has 8 heteroatoms. The average Bonchev–Trinajstić information content (AvgIpc) is 2.87. The molecule has 0 unspecified atom stereocenters.